The fourth-order valence-corrected chi connectivity index (χ4v) is 4.76. The molecular formula is C15H33NO3Si. The zero-order valence-electron chi connectivity index (χ0n) is 14.1. The minimum atomic E-state index is -2.64. The molecule has 0 radical (unpaired) electrons. The zero-order chi connectivity index (χ0) is 15.6. The summed E-state index contributed by atoms with van der Waals surface area (Å²) in [5.74, 6) is 1.46. The SMILES string of the molecule is CCO[Si](CCCN)(OCC)OC(C)=C(C)C(C)CC. The molecule has 0 bridgehead atoms. The molecule has 0 fully saturated rings. The van der Waals surface area contributed by atoms with E-state index in [0.29, 0.717) is 25.7 Å². The van der Waals surface area contributed by atoms with Gasteiger partial charge < -0.3 is 19.0 Å². The van der Waals surface area contributed by atoms with E-state index in [0.717, 1.165) is 24.6 Å². The molecular weight excluding hydrogens is 270 g/mol. The molecule has 0 aromatic rings. The van der Waals surface area contributed by atoms with Crippen molar-refractivity contribution in [1.82, 2.24) is 0 Å². The monoisotopic (exact) mass is 303 g/mol. The van der Waals surface area contributed by atoms with E-state index < -0.39 is 8.80 Å². The first-order valence-electron chi connectivity index (χ1n) is 7.80. The molecule has 0 saturated carbocycles. The second kappa shape index (κ2) is 10.4. The Bertz CT molecular complexity index is 289. The Kier molecular flexibility index (Phi) is 10.2. The van der Waals surface area contributed by atoms with Gasteiger partial charge in [0.2, 0.25) is 0 Å². The van der Waals surface area contributed by atoms with Crippen LogP contribution in [-0.2, 0) is 13.3 Å². The lowest BCUT2D eigenvalue weighted by Crippen LogP contribution is -2.46. The van der Waals surface area contributed by atoms with Gasteiger partial charge in [0, 0.05) is 19.3 Å². The second-order valence-electron chi connectivity index (χ2n) is 5.09. The largest absolute Gasteiger partial charge is 0.565 e. The molecule has 0 aliphatic carbocycles. The van der Waals surface area contributed by atoms with E-state index in [-0.39, 0.29) is 0 Å². The van der Waals surface area contributed by atoms with Crippen molar-refractivity contribution in [3.63, 3.8) is 0 Å². The van der Waals surface area contributed by atoms with E-state index in [4.69, 9.17) is 19.0 Å². The topological polar surface area (TPSA) is 53.7 Å². The molecule has 0 aromatic carbocycles. The van der Waals surface area contributed by atoms with Crippen molar-refractivity contribution in [2.45, 2.75) is 60.4 Å². The highest BCUT2D eigenvalue weighted by atomic mass is 28.4. The van der Waals surface area contributed by atoms with E-state index in [2.05, 4.69) is 20.8 Å². The Labute approximate surface area is 126 Å². The average molecular weight is 304 g/mol. The van der Waals surface area contributed by atoms with Crippen molar-refractivity contribution < 1.29 is 13.3 Å². The molecule has 20 heavy (non-hydrogen) atoms. The maximum Gasteiger partial charge on any atom is 0.565 e. The van der Waals surface area contributed by atoms with Gasteiger partial charge in [-0.2, -0.15) is 0 Å². The molecule has 2 N–H and O–H groups in total. The van der Waals surface area contributed by atoms with Crippen molar-refractivity contribution in [1.29, 1.82) is 0 Å². The van der Waals surface area contributed by atoms with E-state index in [1.807, 2.05) is 20.8 Å². The Balaban J connectivity index is 5.10. The summed E-state index contributed by atoms with van der Waals surface area (Å²) < 4.78 is 18.0. The smallest absolute Gasteiger partial charge is 0.505 e. The van der Waals surface area contributed by atoms with E-state index >= 15 is 0 Å². The molecule has 1 unspecified atom stereocenters. The third-order valence-electron chi connectivity index (χ3n) is 3.63. The summed E-state index contributed by atoms with van der Waals surface area (Å²) in [6.07, 6.45) is 1.97. The molecule has 0 rings (SSSR count). The standard InChI is InChI=1S/C15H33NO3Si/c1-7-13(4)14(5)15(6)19-20(17-8-2,18-9-3)12-10-11-16/h13H,7-12,16H2,1-6H3. The normalized spacial score (nSPS) is 14.9. The highest BCUT2D eigenvalue weighted by Gasteiger charge is 2.42. The maximum absolute atomic E-state index is 6.22. The molecule has 1 atom stereocenters. The summed E-state index contributed by atoms with van der Waals surface area (Å²) in [5, 5.41) is 0. The predicted octanol–water partition coefficient (Wildman–Crippen LogP) is 3.70. The molecule has 0 aromatic heterocycles. The summed E-state index contributed by atoms with van der Waals surface area (Å²) in [5.41, 5.74) is 6.91. The van der Waals surface area contributed by atoms with Crippen LogP contribution in [0, 0.1) is 5.92 Å². The third kappa shape index (κ3) is 6.39. The van der Waals surface area contributed by atoms with Crippen LogP contribution in [-0.4, -0.2) is 28.6 Å². The maximum atomic E-state index is 6.22. The lowest BCUT2D eigenvalue weighted by Gasteiger charge is -2.30. The van der Waals surface area contributed by atoms with Gasteiger partial charge in [-0.15, -0.1) is 0 Å². The minimum absolute atomic E-state index is 0.513. The molecule has 0 aliphatic heterocycles. The quantitative estimate of drug-likeness (QED) is 0.467. The van der Waals surface area contributed by atoms with E-state index in [9.17, 15) is 0 Å². The highest BCUT2D eigenvalue weighted by Crippen LogP contribution is 2.25. The van der Waals surface area contributed by atoms with Crippen LogP contribution in [0.3, 0.4) is 0 Å². The summed E-state index contributed by atoms with van der Waals surface area (Å²) in [7, 11) is -2.64. The van der Waals surface area contributed by atoms with E-state index in [1.165, 1.54) is 5.57 Å². The zero-order valence-corrected chi connectivity index (χ0v) is 15.1. The van der Waals surface area contributed by atoms with Crippen LogP contribution in [0.5, 0.6) is 0 Å². The Morgan fingerprint density at radius 3 is 2.05 bits per heavy atom. The Hall–Kier alpha value is -0.363. The van der Waals surface area contributed by atoms with Gasteiger partial charge in [-0.25, -0.2) is 0 Å². The van der Waals surface area contributed by atoms with Gasteiger partial charge in [-0.1, -0.05) is 13.8 Å². The molecule has 0 aliphatic rings. The fourth-order valence-electron chi connectivity index (χ4n) is 2.02. The van der Waals surface area contributed by atoms with Crippen molar-refractivity contribution in [3.8, 4) is 0 Å². The van der Waals surface area contributed by atoms with Crippen LogP contribution < -0.4 is 5.73 Å². The highest BCUT2D eigenvalue weighted by molar-refractivity contribution is 6.61. The molecule has 0 spiro atoms. The molecule has 5 heteroatoms. The Morgan fingerprint density at radius 1 is 1.10 bits per heavy atom. The van der Waals surface area contributed by atoms with Crippen molar-refractivity contribution >= 4 is 8.80 Å². The molecule has 0 heterocycles. The first-order chi connectivity index (χ1) is 9.46. The second-order valence-corrected chi connectivity index (χ2v) is 7.74. The molecule has 120 valence electrons. The number of rotatable bonds is 11. The van der Waals surface area contributed by atoms with Gasteiger partial charge in [0.05, 0.1) is 5.76 Å². The lowest BCUT2D eigenvalue weighted by molar-refractivity contribution is 0.0900. The van der Waals surface area contributed by atoms with Crippen LogP contribution in [0.15, 0.2) is 11.3 Å². The van der Waals surface area contributed by atoms with Crippen LogP contribution >= 0.6 is 0 Å². The first-order valence-corrected chi connectivity index (χ1v) is 9.73. The van der Waals surface area contributed by atoms with Gasteiger partial charge >= 0.3 is 8.80 Å². The Morgan fingerprint density at radius 2 is 1.65 bits per heavy atom. The first kappa shape index (κ1) is 19.6. The van der Waals surface area contributed by atoms with Gasteiger partial charge in [0.25, 0.3) is 0 Å². The van der Waals surface area contributed by atoms with Crippen molar-refractivity contribution in [2.24, 2.45) is 11.7 Å². The lowest BCUT2D eigenvalue weighted by atomic mass is 9.99. The van der Waals surface area contributed by atoms with Crippen LogP contribution in [0.25, 0.3) is 0 Å². The molecule has 4 nitrogen and oxygen atoms in total. The third-order valence-corrected chi connectivity index (χ3v) is 6.67. The molecule has 0 amide bonds. The van der Waals surface area contributed by atoms with Crippen molar-refractivity contribution in [2.75, 3.05) is 19.8 Å². The van der Waals surface area contributed by atoms with Crippen molar-refractivity contribution in [3.05, 3.63) is 11.3 Å². The molecule has 0 saturated heterocycles. The predicted molar refractivity (Wildman–Crippen MR) is 86.4 cm³/mol. The van der Waals surface area contributed by atoms with E-state index in [1.54, 1.807) is 0 Å². The van der Waals surface area contributed by atoms with Gasteiger partial charge in [-0.05, 0) is 58.6 Å². The van der Waals surface area contributed by atoms with Crippen LogP contribution in [0.4, 0.5) is 0 Å². The van der Waals surface area contributed by atoms with Crippen LogP contribution in [0.1, 0.15) is 54.4 Å². The van der Waals surface area contributed by atoms with Gasteiger partial charge in [-0.3, -0.25) is 0 Å². The van der Waals surface area contributed by atoms with Crippen LogP contribution in [0.2, 0.25) is 6.04 Å². The number of nitrogens with two attached hydrogens (primary N) is 1. The summed E-state index contributed by atoms with van der Waals surface area (Å²) in [6, 6.07) is 0.774. The average Bonchev–Trinajstić information content (AvgIpc) is 2.43. The fraction of sp³-hybridized carbons (Fsp3) is 0.867. The van der Waals surface area contributed by atoms with Gasteiger partial charge in [0.1, 0.15) is 0 Å². The summed E-state index contributed by atoms with van der Waals surface area (Å²) in [4.78, 5) is 0. The number of allylic oxidation sites excluding steroid dienone is 2. The summed E-state index contributed by atoms with van der Waals surface area (Å²) >= 11 is 0. The number of hydrogen-bond donors (Lipinski definition) is 1. The minimum Gasteiger partial charge on any atom is -0.505 e. The number of hydrogen-bond acceptors (Lipinski definition) is 4. The summed E-state index contributed by atoms with van der Waals surface area (Å²) in [6.45, 7) is 14.3. The van der Waals surface area contributed by atoms with Gasteiger partial charge in [0.15, 0.2) is 0 Å².